The molecule has 34 heavy (non-hydrogen) atoms. The van der Waals surface area contributed by atoms with Crippen molar-refractivity contribution in [3.8, 4) is 17.1 Å². The second-order valence-electron chi connectivity index (χ2n) is 7.98. The first-order valence-corrected chi connectivity index (χ1v) is 11.4. The van der Waals surface area contributed by atoms with Crippen LogP contribution in [0.4, 0.5) is 31.8 Å². The highest BCUT2D eigenvalue weighted by Crippen LogP contribution is 2.40. The number of fused-ring (bicyclic) bond motifs is 1. The third-order valence-corrected chi connectivity index (χ3v) is 6.19. The van der Waals surface area contributed by atoms with Gasteiger partial charge in [-0.1, -0.05) is 0 Å². The molecule has 0 bridgehead atoms. The Hall–Kier alpha value is -3.51. The van der Waals surface area contributed by atoms with Gasteiger partial charge in [-0.15, -0.1) is 11.3 Å². The molecule has 12 heteroatoms. The predicted molar refractivity (Wildman–Crippen MR) is 132 cm³/mol. The maximum absolute atomic E-state index is 13.2. The zero-order valence-electron chi connectivity index (χ0n) is 19.3. The van der Waals surface area contributed by atoms with Crippen LogP contribution in [0, 0.1) is 0 Å². The van der Waals surface area contributed by atoms with E-state index in [2.05, 4.69) is 20.4 Å². The fraction of sp³-hybridized carbons (Fsp3) is 0.318. The largest absolute Gasteiger partial charge is 0.430 e. The van der Waals surface area contributed by atoms with Crippen LogP contribution in [0.2, 0.25) is 0 Å². The second kappa shape index (κ2) is 9.77. The molecule has 0 saturated heterocycles. The van der Waals surface area contributed by atoms with Gasteiger partial charge < -0.3 is 25.6 Å². The number of alkyl halides is 2. The van der Waals surface area contributed by atoms with Crippen LogP contribution >= 0.6 is 11.3 Å². The lowest BCUT2D eigenvalue weighted by molar-refractivity contribution is -0.0488. The summed E-state index contributed by atoms with van der Waals surface area (Å²) in [5, 5.41) is 9.52. The van der Waals surface area contributed by atoms with Gasteiger partial charge in [-0.2, -0.15) is 13.9 Å². The smallest absolute Gasteiger partial charge is 0.387 e. The number of aromatic nitrogens is 4. The van der Waals surface area contributed by atoms with E-state index in [0.717, 1.165) is 22.5 Å². The van der Waals surface area contributed by atoms with Crippen LogP contribution in [0.15, 0.2) is 35.8 Å². The molecule has 9 nitrogen and oxygen atoms in total. The van der Waals surface area contributed by atoms with Gasteiger partial charge in [0.1, 0.15) is 11.4 Å². The van der Waals surface area contributed by atoms with Gasteiger partial charge in [0.2, 0.25) is 5.95 Å². The highest BCUT2D eigenvalue weighted by Gasteiger charge is 2.20. The van der Waals surface area contributed by atoms with E-state index >= 15 is 0 Å². The number of likely N-dealkylation sites (N-methyl/N-ethyl adjacent to an activating group) is 2. The molecule has 4 aromatic rings. The summed E-state index contributed by atoms with van der Waals surface area (Å²) in [5.74, 6) is 0.0526. The number of hydrogen-bond donors (Lipinski definition) is 2. The second-order valence-corrected chi connectivity index (χ2v) is 8.89. The number of halogens is 2. The molecule has 0 spiro atoms. The molecular formula is C22H26F2N8OS. The molecule has 3 heterocycles. The number of nitrogens with zero attached hydrogens (tertiary/aromatic N) is 6. The van der Waals surface area contributed by atoms with Crippen molar-refractivity contribution in [2.75, 3.05) is 50.2 Å². The number of benzene rings is 1. The van der Waals surface area contributed by atoms with Crippen molar-refractivity contribution >= 4 is 44.6 Å². The molecule has 0 amide bonds. The van der Waals surface area contributed by atoms with Crippen LogP contribution < -0.4 is 20.7 Å². The first kappa shape index (κ1) is 23.6. The van der Waals surface area contributed by atoms with Crippen LogP contribution in [0.25, 0.3) is 21.6 Å². The SMILES string of the molecule is CN(C)CCN(C)c1ccc(Nc2nccc(-c3nn(C)c4ccsc34)n2)c(OC(F)F)c1N. The quantitative estimate of drug-likeness (QED) is 0.341. The summed E-state index contributed by atoms with van der Waals surface area (Å²) in [7, 11) is 7.63. The van der Waals surface area contributed by atoms with Gasteiger partial charge >= 0.3 is 6.61 Å². The summed E-state index contributed by atoms with van der Waals surface area (Å²) in [5.41, 5.74) is 9.52. The molecule has 0 aliphatic heterocycles. The van der Waals surface area contributed by atoms with Crippen LogP contribution in [-0.4, -0.2) is 65.5 Å². The lowest BCUT2D eigenvalue weighted by atomic mass is 10.2. The highest BCUT2D eigenvalue weighted by molar-refractivity contribution is 7.17. The van der Waals surface area contributed by atoms with E-state index in [9.17, 15) is 8.78 Å². The Morgan fingerprint density at radius 2 is 1.97 bits per heavy atom. The molecule has 0 unspecified atom stereocenters. The predicted octanol–water partition coefficient (Wildman–Crippen LogP) is 4.02. The van der Waals surface area contributed by atoms with Gasteiger partial charge in [-0.3, -0.25) is 4.68 Å². The standard InChI is InChI=1S/C22H26F2N8OS/c1-30(2)10-11-31(3)15-6-5-14(19(17(15)25)33-21(23)24)28-22-26-9-7-13(27-22)18-20-16(8-12-34-20)32(4)29-18/h5-9,12,21H,10-11,25H2,1-4H3,(H,26,27,28). The lowest BCUT2D eigenvalue weighted by Crippen LogP contribution is -2.29. The van der Waals surface area contributed by atoms with Gasteiger partial charge in [0.05, 0.1) is 27.3 Å². The Morgan fingerprint density at radius 1 is 1.18 bits per heavy atom. The zero-order chi connectivity index (χ0) is 24.4. The molecule has 0 fully saturated rings. The minimum Gasteiger partial charge on any atom is -0.430 e. The maximum Gasteiger partial charge on any atom is 0.387 e. The molecule has 180 valence electrons. The molecule has 0 atom stereocenters. The molecule has 3 N–H and O–H groups in total. The average Bonchev–Trinajstić information content (AvgIpc) is 3.39. The summed E-state index contributed by atoms with van der Waals surface area (Å²) in [6.07, 6.45) is 1.58. The van der Waals surface area contributed by atoms with Crippen LogP contribution in [0.5, 0.6) is 5.75 Å². The molecule has 1 aromatic carbocycles. The summed E-state index contributed by atoms with van der Waals surface area (Å²) in [6, 6.07) is 7.12. The van der Waals surface area contributed by atoms with Gasteiger partial charge in [-0.05, 0) is 43.7 Å². The van der Waals surface area contributed by atoms with E-state index in [1.54, 1.807) is 40.4 Å². The van der Waals surface area contributed by atoms with Gasteiger partial charge in [0, 0.05) is 33.4 Å². The molecule has 0 radical (unpaired) electrons. The van der Waals surface area contributed by atoms with Crippen molar-refractivity contribution in [2.24, 2.45) is 7.05 Å². The van der Waals surface area contributed by atoms with Crippen LogP contribution in [0.3, 0.4) is 0 Å². The fourth-order valence-electron chi connectivity index (χ4n) is 3.53. The topological polar surface area (TPSA) is 97.4 Å². The first-order chi connectivity index (χ1) is 16.2. The van der Waals surface area contributed by atoms with Crippen molar-refractivity contribution < 1.29 is 13.5 Å². The van der Waals surface area contributed by atoms with Crippen LogP contribution in [-0.2, 0) is 7.05 Å². The Bertz CT molecular complexity index is 1290. The highest BCUT2D eigenvalue weighted by atomic mass is 32.1. The number of nitrogens with one attached hydrogen (secondary N) is 1. The molecule has 4 rings (SSSR count). The third-order valence-electron chi connectivity index (χ3n) is 5.28. The first-order valence-electron chi connectivity index (χ1n) is 10.5. The molecule has 0 saturated carbocycles. The Morgan fingerprint density at radius 3 is 2.71 bits per heavy atom. The van der Waals surface area contributed by atoms with E-state index in [-0.39, 0.29) is 23.1 Å². The summed E-state index contributed by atoms with van der Waals surface area (Å²) >= 11 is 1.57. The molecule has 0 aliphatic rings. The Kier molecular flexibility index (Phi) is 6.80. The summed E-state index contributed by atoms with van der Waals surface area (Å²) < 4.78 is 34.1. The van der Waals surface area contributed by atoms with Crippen molar-refractivity contribution in [3.63, 3.8) is 0 Å². The summed E-state index contributed by atoms with van der Waals surface area (Å²) in [4.78, 5) is 12.7. The molecule has 3 aromatic heterocycles. The van der Waals surface area contributed by atoms with Crippen molar-refractivity contribution in [1.82, 2.24) is 24.6 Å². The Balaban J connectivity index is 1.66. The number of nitrogens with two attached hydrogens (primary N) is 1. The van der Waals surface area contributed by atoms with Crippen LogP contribution in [0.1, 0.15) is 0 Å². The zero-order valence-corrected chi connectivity index (χ0v) is 20.1. The normalized spacial score (nSPS) is 11.5. The lowest BCUT2D eigenvalue weighted by Gasteiger charge is -2.25. The van der Waals surface area contributed by atoms with E-state index in [1.165, 1.54) is 0 Å². The maximum atomic E-state index is 13.2. The van der Waals surface area contributed by atoms with E-state index in [0.29, 0.717) is 17.9 Å². The van der Waals surface area contributed by atoms with E-state index < -0.39 is 6.61 Å². The number of anilines is 4. The van der Waals surface area contributed by atoms with Gasteiger partial charge in [0.25, 0.3) is 0 Å². The Labute approximate surface area is 199 Å². The summed E-state index contributed by atoms with van der Waals surface area (Å²) in [6.45, 7) is -1.62. The number of ether oxygens (including phenoxy) is 1. The van der Waals surface area contributed by atoms with Crippen molar-refractivity contribution in [3.05, 3.63) is 35.8 Å². The third kappa shape index (κ3) is 4.87. The number of rotatable bonds is 9. The average molecular weight is 489 g/mol. The minimum atomic E-state index is -3.04. The number of nitrogen functional groups attached to an aromatic ring is 1. The minimum absolute atomic E-state index is 0.104. The van der Waals surface area contributed by atoms with E-state index in [1.807, 2.05) is 49.4 Å². The fourth-order valence-corrected chi connectivity index (χ4v) is 4.44. The van der Waals surface area contributed by atoms with Gasteiger partial charge in [0.15, 0.2) is 5.75 Å². The van der Waals surface area contributed by atoms with Crippen molar-refractivity contribution in [2.45, 2.75) is 6.61 Å². The van der Waals surface area contributed by atoms with Gasteiger partial charge in [-0.25, -0.2) is 9.97 Å². The number of thiophene rings is 1. The van der Waals surface area contributed by atoms with E-state index in [4.69, 9.17) is 10.5 Å². The number of aryl methyl sites for hydroxylation is 1. The van der Waals surface area contributed by atoms with Crippen molar-refractivity contribution in [1.29, 1.82) is 0 Å². The number of hydrogen-bond acceptors (Lipinski definition) is 9. The monoisotopic (exact) mass is 488 g/mol. The molecular weight excluding hydrogens is 462 g/mol. The molecule has 0 aliphatic carbocycles.